The van der Waals surface area contributed by atoms with Crippen LogP contribution in [0.15, 0.2) is 28.8 Å². The Labute approximate surface area is 125 Å². The fourth-order valence-corrected chi connectivity index (χ4v) is 2.68. The minimum Gasteiger partial charge on any atom is -0.423 e. The Morgan fingerprint density at radius 2 is 2.20 bits per heavy atom. The molecule has 0 spiro atoms. The van der Waals surface area contributed by atoms with Gasteiger partial charge in [0, 0.05) is 15.6 Å². The molecule has 7 heteroatoms. The predicted molar refractivity (Wildman–Crippen MR) is 79.2 cm³/mol. The largest absolute Gasteiger partial charge is 0.489 e. The number of amides is 1. The van der Waals surface area contributed by atoms with Crippen molar-refractivity contribution in [1.82, 2.24) is 5.32 Å². The third kappa shape index (κ3) is 3.17. The van der Waals surface area contributed by atoms with Gasteiger partial charge in [0.05, 0.1) is 6.04 Å². The quantitative estimate of drug-likeness (QED) is 0.546. The Hall–Kier alpha value is -1.44. The van der Waals surface area contributed by atoms with E-state index < -0.39 is 7.12 Å². The maximum atomic E-state index is 12.1. The molecule has 1 aromatic carbocycles. The molecule has 0 saturated heterocycles. The van der Waals surface area contributed by atoms with E-state index in [1.807, 2.05) is 6.08 Å². The van der Waals surface area contributed by atoms with Gasteiger partial charge in [0.1, 0.15) is 6.29 Å². The number of aldehydes is 1. The SMILES string of the molecule is O=Cc1cc(C(=O)NC2CCC=C2Br)ccc1B(O)O. The van der Waals surface area contributed by atoms with Crippen LogP contribution in [0, 0.1) is 0 Å². The van der Waals surface area contributed by atoms with Gasteiger partial charge in [0.15, 0.2) is 0 Å². The third-order valence-corrected chi connectivity index (χ3v) is 4.06. The Morgan fingerprint density at radius 3 is 2.75 bits per heavy atom. The number of nitrogens with one attached hydrogen (secondary N) is 1. The lowest BCUT2D eigenvalue weighted by atomic mass is 9.77. The van der Waals surface area contributed by atoms with Crippen LogP contribution in [0.25, 0.3) is 0 Å². The van der Waals surface area contributed by atoms with Crippen molar-refractivity contribution in [3.8, 4) is 0 Å². The zero-order valence-corrected chi connectivity index (χ0v) is 12.1. The van der Waals surface area contributed by atoms with Crippen LogP contribution in [0.1, 0.15) is 33.6 Å². The summed E-state index contributed by atoms with van der Waals surface area (Å²) in [6.45, 7) is 0. The minimum absolute atomic E-state index is 0.0507. The lowest BCUT2D eigenvalue weighted by molar-refractivity contribution is 0.0944. The number of carbonyl (C=O) groups is 2. The second kappa shape index (κ2) is 6.34. The molecule has 1 aromatic rings. The van der Waals surface area contributed by atoms with Crippen molar-refractivity contribution in [2.24, 2.45) is 0 Å². The van der Waals surface area contributed by atoms with E-state index in [-0.39, 0.29) is 23.0 Å². The highest BCUT2D eigenvalue weighted by molar-refractivity contribution is 9.11. The van der Waals surface area contributed by atoms with Gasteiger partial charge in [-0.3, -0.25) is 9.59 Å². The number of hydrogen-bond acceptors (Lipinski definition) is 4. The molecule has 2 rings (SSSR count). The number of allylic oxidation sites excluding steroid dienone is 1. The van der Waals surface area contributed by atoms with Crippen LogP contribution >= 0.6 is 15.9 Å². The van der Waals surface area contributed by atoms with Crippen LogP contribution in [0.4, 0.5) is 0 Å². The number of carbonyl (C=O) groups excluding carboxylic acids is 2. The van der Waals surface area contributed by atoms with Crippen molar-refractivity contribution in [3.63, 3.8) is 0 Å². The minimum atomic E-state index is -1.74. The molecular formula is C13H13BBrNO4. The summed E-state index contributed by atoms with van der Waals surface area (Å²) in [6, 6.07) is 4.13. The molecule has 1 aliphatic rings. The highest BCUT2D eigenvalue weighted by Gasteiger charge is 2.21. The molecule has 0 aromatic heterocycles. The van der Waals surface area contributed by atoms with Gasteiger partial charge in [-0.05, 0) is 30.4 Å². The summed E-state index contributed by atoms with van der Waals surface area (Å²) in [5.74, 6) is -0.302. The van der Waals surface area contributed by atoms with Crippen LogP contribution in [0.3, 0.4) is 0 Å². The summed E-state index contributed by atoms with van der Waals surface area (Å²) in [5.41, 5.74) is 0.482. The first-order chi connectivity index (χ1) is 9.52. The molecule has 0 radical (unpaired) electrons. The predicted octanol–water partition coefficient (Wildman–Crippen LogP) is 0.350. The summed E-state index contributed by atoms with van der Waals surface area (Å²) in [4.78, 5) is 23.0. The summed E-state index contributed by atoms with van der Waals surface area (Å²) in [5, 5.41) is 21.1. The molecule has 0 heterocycles. The van der Waals surface area contributed by atoms with Crippen LogP contribution in [-0.2, 0) is 0 Å². The average molecular weight is 338 g/mol. The zero-order chi connectivity index (χ0) is 14.7. The second-order valence-electron chi connectivity index (χ2n) is 4.53. The molecule has 0 bridgehead atoms. The summed E-state index contributed by atoms with van der Waals surface area (Å²) in [6.07, 6.45) is 4.24. The Balaban J connectivity index is 2.18. The van der Waals surface area contributed by atoms with Crippen molar-refractivity contribution < 1.29 is 19.6 Å². The number of halogens is 1. The number of hydrogen-bond donors (Lipinski definition) is 3. The van der Waals surface area contributed by atoms with Crippen molar-refractivity contribution >= 4 is 40.7 Å². The first-order valence-corrected chi connectivity index (χ1v) is 6.94. The highest BCUT2D eigenvalue weighted by atomic mass is 79.9. The molecule has 1 unspecified atom stereocenters. The van der Waals surface area contributed by atoms with Gasteiger partial charge in [-0.15, -0.1) is 0 Å². The molecule has 104 valence electrons. The Kier molecular flexibility index (Phi) is 4.75. The molecule has 0 fully saturated rings. The summed E-state index contributed by atoms with van der Waals surface area (Å²) < 4.78 is 0.948. The van der Waals surface area contributed by atoms with Gasteiger partial charge >= 0.3 is 7.12 Å². The molecule has 20 heavy (non-hydrogen) atoms. The molecular weight excluding hydrogens is 325 g/mol. The fourth-order valence-electron chi connectivity index (χ4n) is 2.10. The fraction of sp³-hybridized carbons (Fsp3) is 0.231. The van der Waals surface area contributed by atoms with Gasteiger partial charge in [0.2, 0.25) is 0 Å². The smallest absolute Gasteiger partial charge is 0.423 e. The lowest BCUT2D eigenvalue weighted by Gasteiger charge is -2.14. The van der Waals surface area contributed by atoms with Crippen molar-refractivity contribution in [1.29, 1.82) is 0 Å². The Morgan fingerprint density at radius 1 is 1.45 bits per heavy atom. The van der Waals surface area contributed by atoms with Crippen molar-refractivity contribution in [2.45, 2.75) is 18.9 Å². The average Bonchev–Trinajstić information content (AvgIpc) is 2.83. The Bertz CT molecular complexity index is 573. The van der Waals surface area contributed by atoms with E-state index in [0.29, 0.717) is 11.8 Å². The summed E-state index contributed by atoms with van der Waals surface area (Å²) >= 11 is 3.39. The molecule has 1 atom stereocenters. The van der Waals surface area contributed by atoms with E-state index in [9.17, 15) is 9.59 Å². The molecule has 1 aliphatic carbocycles. The van der Waals surface area contributed by atoms with Crippen molar-refractivity contribution in [3.05, 3.63) is 39.9 Å². The normalized spacial score (nSPS) is 17.6. The van der Waals surface area contributed by atoms with Crippen molar-refractivity contribution in [2.75, 3.05) is 0 Å². The third-order valence-electron chi connectivity index (χ3n) is 3.19. The van der Waals surface area contributed by atoms with Gasteiger partial charge < -0.3 is 15.4 Å². The highest BCUT2D eigenvalue weighted by Crippen LogP contribution is 2.24. The van der Waals surface area contributed by atoms with E-state index >= 15 is 0 Å². The lowest BCUT2D eigenvalue weighted by Crippen LogP contribution is -2.36. The van der Waals surface area contributed by atoms with Crippen LogP contribution < -0.4 is 10.8 Å². The van der Waals surface area contributed by atoms with Gasteiger partial charge in [-0.1, -0.05) is 28.1 Å². The standard InChI is InChI=1S/C13H13BBrNO4/c15-11-2-1-3-12(11)16-13(18)8-4-5-10(14(19)20)9(6-8)7-17/h2,4-7,12,19-20H,1,3H2,(H,16,18). The van der Waals surface area contributed by atoms with Gasteiger partial charge in [-0.2, -0.15) is 0 Å². The number of benzene rings is 1. The maximum Gasteiger partial charge on any atom is 0.489 e. The first kappa shape index (κ1) is 15.0. The van der Waals surface area contributed by atoms with E-state index in [1.54, 1.807) is 0 Å². The van der Waals surface area contributed by atoms with Gasteiger partial charge in [0.25, 0.3) is 5.91 Å². The number of rotatable bonds is 4. The monoisotopic (exact) mass is 337 g/mol. The van der Waals surface area contributed by atoms with E-state index in [0.717, 1.165) is 17.3 Å². The molecule has 5 nitrogen and oxygen atoms in total. The summed E-state index contributed by atoms with van der Waals surface area (Å²) in [7, 11) is -1.74. The molecule has 1 amide bonds. The molecule has 0 saturated carbocycles. The van der Waals surface area contributed by atoms with Crippen LogP contribution in [-0.4, -0.2) is 35.4 Å². The van der Waals surface area contributed by atoms with Gasteiger partial charge in [-0.25, -0.2) is 0 Å². The van der Waals surface area contributed by atoms with E-state index in [2.05, 4.69) is 21.2 Å². The van der Waals surface area contributed by atoms with E-state index in [1.165, 1.54) is 18.2 Å². The second-order valence-corrected chi connectivity index (χ2v) is 5.44. The molecule has 0 aliphatic heterocycles. The van der Waals surface area contributed by atoms with Crippen LogP contribution in [0.2, 0.25) is 0 Å². The maximum absolute atomic E-state index is 12.1. The van der Waals surface area contributed by atoms with Crippen LogP contribution in [0.5, 0.6) is 0 Å². The first-order valence-electron chi connectivity index (χ1n) is 6.14. The topological polar surface area (TPSA) is 86.6 Å². The molecule has 3 N–H and O–H groups in total. The zero-order valence-electron chi connectivity index (χ0n) is 10.5. The van der Waals surface area contributed by atoms with E-state index in [4.69, 9.17) is 10.0 Å².